The fourth-order valence-corrected chi connectivity index (χ4v) is 6.28. The lowest BCUT2D eigenvalue weighted by molar-refractivity contribution is -0.318. The zero-order chi connectivity index (χ0) is 39.2. The van der Waals surface area contributed by atoms with Crippen molar-refractivity contribution in [1.29, 1.82) is 0 Å². The first kappa shape index (κ1) is 40.0. The topological polar surface area (TPSA) is 319 Å². The molecule has 4 heterocycles. The first-order chi connectivity index (χ1) is 25.6. The molecule has 0 saturated carbocycles. The number of rotatable bonds is 10. The van der Waals surface area contributed by atoms with Crippen LogP contribution in [0.5, 0.6) is 28.7 Å². The molecule has 54 heavy (non-hydrogen) atoms. The number of hydrogen-bond donors (Lipinski definition) is 12. The summed E-state index contributed by atoms with van der Waals surface area (Å²) >= 11 is 0. The van der Waals surface area contributed by atoms with Gasteiger partial charge in [-0.3, -0.25) is 0 Å². The summed E-state index contributed by atoms with van der Waals surface area (Å²) in [5.41, 5.74) is 0.147. The van der Waals surface area contributed by atoms with Crippen molar-refractivity contribution < 1.29 is 98.9 Å². The monoisotopic (exact) mass is 771 g/mol. The largest absolute Gasteiger partial charge is 0.507 e. The number of aromatic hydroxyl groups is 2. The number of phenols is 2. The maximum atomic E-state index is 11.0. The number of ether oxygens (including phenoxy) is 7. The molecule has 20 nitrogen and oxygen atoms in total. The number of aliphatic hydroxyl groups is 10. The second-order valence-electron chi connectivity index (χ2n) is 13.1. The smallest absolute Gasteiger partial charge is 0.402 e. The van der Waals surface area contributed by atoms with E-state index in [1.807, 2.05) is 0 Å². The molecule has 20 heteroatoms. The van der Waals surface area contributed by atoms with Gasteiger partial charge < -0.3 is 94.4 Å². The Morgan fingerprint density at radius 3 is 1.87 bits per heavy atom. The predicted molar refractivity (Wildman–Crippen MR) is 176 cm³/mol. The molecular formula is C34H43O20+. The lowest BCUT2D eigenvalue weighted by Gasteiger charge is -2.42. The van der Waals surface area contributed by atoms with E-state index in [2.05, 4.69) is 0 Å². The van der Waals surface area contributed by atoms with E-state index >= 15 is 0 Å². The molecule has 3 aliphatic heterocycles. The van der Waals surface area contributed by atoms with Crippen LogP contribution in [0.4, 0.5) is 0 Å². The number of hydrogen-bond acceptors (Lipinski definition) is 19. The van der Waals surface area contributed by atoms with Crippen LogP contribution in [0, 0.1) is 0 Å². The molecule has 0 bridgehead atoms. The number of aliphatic hydroxyl groups excluding tert-OH is 10. The van der Waals surface area contributed by atoms with E-state index in [4.69, 9.17) is 37.6 Å². The van der Waals surface area contributed by atoms with Crippen LogP contribution in [-0.4, -0.2) is 174 Å². The standard InChI is InChI=1S/C34H42O20/c1-11-22(38)25(41)28(44)32(49-11)48-10-21-24(40)27(43)30(46)34(54-21)52-19-8-14-16(50-31(19)12-3-4-15(37)18(5-12)47-2)6-13(36)7-17(14)51-33-29(45)26(42)23(39)20(9-35)53-33/h3-8,11,20-30,32-35,38-46H,9-10H2,1-2H3,(H-,36,37)/p+1/t11-,20+,21+,22-,23+,24+,25+,26-,27-,28+,29+,30+,32+,33+,34+/m0/s1. The Morgan fingerprint density at radius 2 is 1.22 bits per heavy atom. The summed E-state index contributed by atoms with van der Waals surface area (Å²) in [7, 11) is 1.30. The molecule has 0 unspecified atom stereocenters. The van der Waals surface area contributed by atoms with Crippen LogP contribution in [0.3, 0.4) is 0 Å². The van der Waals surface area contributed by atoms with Crippen molar-refractivity contribution in [2.45, 2.75) is 99.0 Å². The summed E-state index contributed by atoms with van der Waals surface area (Å²) < 4.78 is 45.5. The molecule has 0 aliphatic carbocycles. The SMILES string of the molecule is COc1cc(-c2[o+]c3cc(O)cc(O[C@@H]4O[C@H](CO)[C@@H](O)[C@H](O)[C@H]4O)c3cc2O[C@@H]2O[C@H](CO[C@@H]3O[C@@H](C)[C@H](O)[C@@H](O)[C@H]3O)[C@@H](O)[C@H](O)[C@H]2O)ccc1O. The van der Waals surface area contributed by atoms with Crippen molar-refractivity contribution in [3.05, 3.63) is 36.4 Å². The Balaban J connectivity index is 1.36. The zero-order valence-corrected chi connectivity index (χ0v) is 28.7. The fraction of sp³-hybridized carbons (Fsp3) is 0.559. The summed E-state index contributed by atoms with van der Waals surface area (Å²) in [5, 5.41) is 125. The highest BCUT2D eigenvalue weighted by atomic mass is 16.7. The van der Waals surface area contributed by atoms with Gasteiger partial charge in [0.25, 0.3) is 0 Å². The lowest BCUT2D eigenvalue weighted by atomic mass is 9.98. The maximum absolute atomic E-state index is 11.0. The normalized spacial score (nSPS) is 37.2. The number of benzene rings is 2. The molecule has 3 fully saturated rings. The third-order valence-electron chi connectivity index (χ3n) is 9.48. The lowest BCUT2D eigenvalue weighted by Crippen LogP contribution is -2.61. The van der Waals surface area contributed by atoms with Crippen LogP contribution in [0.2, 0.25) is 0 Å². The third-order valence-corrected chi connectivity index (χ3v) is 9.48. The average Bonchev–Trinajstić information content (AvgIpc) is 3.15. The minimum Gasteiger partial charge on any atom is -0.507 e. The maximum Gasteiger partial charge on any atom is 0.402 e. The van der Waals surface area contributed by atoms with Gasteiger partial charge in [0, 0.05) is 18.2 Å². The molecule has 2 aromatic carbocycles. The number of methoxy groups -OCH3 is 1. The summed E-state index contributed by atoms with van der Waals surface area (Å²) in [6.45, 7) is 0.110. The van der Waals surface area contributed by atoms with Gasteiger partial charge in [0.15, 0.2) is 17.8 Å². The Morgan fingerprint density at radius 1 is 0.630 bits per heavy atom. The average molecular weight is 772 g/mol. The van der Waals surface area contributed by atoms with Crippen LogP contribution >= 0.6 is 0 Å². The van der Waals surface area contributed by atoms with Gasteiger partial charge in [-0.1, -0.05) is 0 Å². The van der Waals surface area contributed by atoms with Gasteiger partial charge in [-0.05, 0) is 19.1 Å². The van der Waals surface area contributed by atoms with Gasteiger partial charge in [-0.25, -0.2) is 4.42 Å². The summed E-state index contributed by atoms with van der Waals surface area (Å²) in [4.78, 5) is 0. The summed E-state index contributed by atoms with van der Waals surface area (Å²) in [5.74, 6) is -1.19. The van der Waals surface area contributed by atoms with Crippen LogP contribution in [0.15, 0.2) is 40.8 Å². The van der Waals surface area contributed by atoms with Crippen LogP contribution < -0.4 is 14.2 Å². The van der Waals surface area contributed by atoms with Crippen molar-refractivity contribution in [3.8, 4) is 40.1 Å². The summed E-state index contributed by atoms with van der Waals surface area (Å²) in [6, 6.07) is 7.66. The molecule has 0 radical (unpaired) electrons. The molecule has 3 saturated heterocycles. The fourth-order valence-electron chi connectivity index (χ4n) is 6.28. The van der Waals surface area contributed by atoms with Gasteiger partial charge in [0.05, 0.1) is 38.1 Å². The molecule has 15 atom stereocenters. The molecule has 3 aromatic rings. The molecule has 6 rings (SSSR count). The van der Waals surface area contributed by atoms with Crippen LogP contribution in [0.25, 0.3) is 22.3 Å². The first-order valence-corrected chi connectivity index (χ1v) is 16.8. The Hall–Kier alpha value is -3.71. The molecule has 3 aliphatic rings. The van der Waals surface area contributed by atoms with Gasteiger partial charge in [-0.15, -0.1) is 0 Å². The predicted octanol–water partition coefficient (Wildman–Crippen LogP) is -2.99. The van der Waals surface area contributed by atoms with Crippen LogP contribution in [-0.2, 0) is 18.9 Å². The van der Waals surface area contributed by atoms with E-state index in [9.17, 15) is 61.3 Å². The second-order valence-corrected chi connectivity index (χ2v) is 13.1. The van der Waals surface area contributed by atoms with Gasteiger partial charge in [0.2, 0.25) is 18.3 Å². The van der Waals surface area contributed by atoms with Gasteiger partial charge >= 0.3 is 11.3 Å². The molecule has 1 aromatic heterocycles. The Labute approximate surface area is 305 Å². The van der Waals surface area contributed by atoms with E-state index in [1.54, 1.807) is 0 Å². The van der Waals surface area contributed by atoms with Crippen molar-refractivity contribution in [1.82, 2.24) is 0 Å². The summed E-state index contributed by atoms with van der Waals surface area (Å²) in [6.07, 6.45) is -24.2. The van der Waals surface area contributed by atoms with E-state index in [0.717, 1.165) is 6.07 Å². The van der Waals surface area contributed by atoms with Gasteiger partial charge in [-0.2, -0.15) is 0 Å². The number of fused-ring (bicyclic) bond motifs is 1. The van der Waals surface area contributed by atoms with Gasteiger partial charge in [0.1, 0.15) is 84.0 Å². The minimum atomic E-state index is -1.91. The van der Waals surface area contributed by atoms with Crippen molar-refractivity contribution in [2.75, 3.05) is 20.3 Å². The molecule has 12 N–H and O–H groups in total. The molecule has 0 amide bonds. The highest BCUT2D eigenvalue weighted by Crippen LogP contribution is 2.43. The van der Waals surface area contributed by atoms with Crippen molar-refractivity contribution >= 4 is 11.0 Å². The van der Waals surface area contributed by atoms with Crippen LogP contribution in [0.1, 0.15) is 6.92 Å². The van der Waals surface area contributed by atoms with E-state index < -0.39 is 111 Å². The third kappa shape index (κ3) is 7.72. The van der Waals surface area contributed by atoms with Crippen molar-refractivity contribution in [2.24, 2.45) is 0 Å². The Kier molecular flexibility index (Phi) is 12.0. The highest BCUT2D eigenvalue weighted by Gasteiger charge is 2.49. The van der Waals surface area contributed by atoms with E-state index in [-0.39, 0.29) is 45.3 Å². The second kappa shape index (κ2) is 16.2. The quantitative estimate of drug-likeness (QED) is 0.0915. The molecule has 298 valence electrons. The van der Waals surface area contributed by atoms with Crippen molar-refractivity contribution in [3.63, 3.8) is 0 Å². The first-order valence-electron chi connectivity index (χ1n) is 16.8. The Bertz CT molecular complexity index is 1760. The zero-order valence-electron chi connectivity index (χ0n) is 28.7. The number of phenolic OH excluding ortho intramolecular Hbond substituents is 2. The highest BCUT2D eigenvalue weighted by molar-refractivity contribution is 5.89. The molecular weight excluding hydrogens is 728 g/mol. The van der Waals surface area contributed by atoms with E-state index in [0.29, 0.717) is 0 Å². The van der Waals surface area contributed by atoms with E-state index in [1.165, 1.54) is 44.4 Å². The molecule has 0 spiro atoms. The minimum absolute atomic E-state index is 0.0140.